The second-order valence-electron chi connectivity index (χ2n) is 5.47. The summed E-state index contributed by atoms with van der Waals surface area (Å²) in [6, 6.07) is 9.09. The molecule has 118 valence electrons. The molecule has 0 saturated carbocycles. The van der Waals surface area contributed by atoms with Crippen molar-refractivity contribution in [3.05, 3.63) is 59.2 Å². The Morgan fingerprint density at radius 1 is 1.17 bits per heavy atom. The average molecular weight is 311 g/mol. The number of fused-ring (bicyclic) bond motifs is 1. The third kappa shape index (κ3) is 2.65. The lowest BCUT2D eigenvalue weighted by molar-refractivity contribution is 0.0317. The number of aromatic amines is 1. The zero-order chi connectivity index (χ0) is 16.6. The highest BCUT2D eigenvalue weighted by atomic mass is 16.5. The van der Waals surface area contributed by atoms with Gasteiger partial charge in [0.2, 0.25) is 5.78 Å². The highest BCUT2D eigenvalue weighted by Gasteiger charge is 2.25. The molecular weight excluding hydrogens is 294 g/mol. The molecule has 23 heavy (non-hydrogen) atoms. The van der Waals surface area contributed by atoms with E-state index >= 15 is 0 Å². The van der Waals surface area contributed by atoms with Crippen LogP contribution in [-0.2, 0) is 4.74 Å². The van der Waals surface area contributed by atoms with Crippen molar-refractivity contribution in [2.24, 2.45) is 0 Å². The van der Waals surface area contributed by atoms with E-state index in [-0.39, 0.29) is 5.78 Å². The summed E-state index contributed by atoms with van der Waals surface area (Å²) >= 11 is 0. The SMILES string of the molecule is Cc1[nH]c2ccccc2c1C(=O)[C@@H](C)OC(=O)c1ccoc1C. The number of H-pyrrole nitrogens is 1. The maximum atomic E-state index is 12.7. The number of rotatable bonds is 4. The molecule has 0 fully saturated rings. The van der Waals surface area contributed by atoms with Crippen LogP contribution in [0.2, 0.25) is 0 Å². The third-order valence-electron chi connectivity index (χ3n) is 3.87. The minimum absolute atomic E-state index is 0.227. The van der Waals surface area contributed by atoms with Crippen LogP contribution in [0.3, 0.4) is 0 Å². The first-order valence-electron chi connectivity index (χ1n) is 7.35. The largest absolute Gasteiger partial charge is 0.469 e. The highest BCUT2D eigenvalue weighted by molar-refractivity contribution is 6.11. The van der Waals surface area contributed by atoms with Gasteiger partial charge in [0.25, 0.3) is 0 Å². The van der Waals surface area contributed by atoms with E-state index in [1.54, 1.807) is 13.8 Å². The summed E-state index contributed by atoms with van der Waals surface area (Å²) in [4.78, 5) is 28.0. The van der Waals surface area contributed by atoms with Gasteiger partial charge >= 0.3 is 5.97 Å². The number of para-hydroxylation sites is 1. The Balaban J connectivity index is 1.86. The molecule has 0 bridgehead atoms. The van der Waals surface area contributed by atoms with Crippen molar-refractivity contribution in [2.45, 2.75) is 26.9 Å². The lowest BCUT2D eigenvalue weighted by Crippen LogP contribution is -2.25. The van der Waals surface area contributed by atoms with Gasteiger partial charge < -0.3 is 14.1 Å². The summed E-state index contributed by atoms with van der Waals surface area (Å²) in [5.41, 5.74) is 2.54. The molecule has 2 heterocycles. The van der Waals surface area contributed by atoms with E-state index in [0.717, 1.165) is 16.6 Å². The van der Waals surface area contributed by atoms with Gasteiger partial charge in [-0.3, -0.25) is 4.79 Å². The number of ether oxygens (including phenoxy) is 1. The lowest BCUT2D eigenvalue weighted by atomic mass is 10.0. The fourth-order valence-electron chi connectivity index (χ4n) is 2.67. The smallest absolute Gasteiger partial charge is 0.342 e. The topological polar surface area (TPSA) is 72.3 Å². The van der Waals surface area contributed by atoms with Gasteiger partial charge in [-0.2, -0.15) is 0 Å². The van der Waals surface area contributed by atoms with E-state index < -0.39 is 12.1 Å². The molecule has 0 unspecified atom stereocenters. The van der Waals surface area contributed by atoms with Crippen LogP contribution in [0.1, 0.15) is 39.1 Å². The molecule has 0 spiro atoms. The van der Waals surface area contributed by atoms with E-state index in [9.17, 15) is 9.59 Å². The van der Waals surface area contributed by atoms with Gasteiger partial charge in [-0.05, 0) is 32.9 Å². The monoisotopic (exact) mass is 311 g/mol. The number of nitrogens with one attached hydrogen (secondary N) is 1. The number of furan rings is 1. The van der Waals surface area contributed by atoms with Crippen molar-refractivity contribution in [1.82, 2.24) is 4.98 Å². The van der Waals surface area contributed by atoms with Gasteiger partial charge in [-0.15, -0.1) is 0 Å². The van der Waals surface area contributed by atoms with Crippen LogP contribution in [0, 0.1) is 13.8 Å². The minimum atomic E-state index is -0.880. The lowest BCUT2D eigenvalue weighted by Gasteiger charge is -2.12. The molecule has 1 aromatic carbocycles. The van der Waals surface area contributed by atoms with Gasteiger partial charge in [0.1, 0.15) is 11.3 Å². The van der Waals surface area contributed by atoms with Gasteiger partial charge in [0.05, 0.1) is 6.26 Å². The van der Waals surface area contributed by atoms with E-state index in [1.807, 2.05) is 31.2 Å². The molecule has 0 aliphatic rings. The van der Waals surface area contributed by atoms with Crippen molar-refractivity contribution in [2.75, 3.05) is 0 Å². The van der Waals surface area contributed by atoms with Gasteiger partial charge in [0.15, 0.2) is 6.10 Å². The Labute approximate surface area is 133 Å². The standard InChI is InChI=1S/C18H17NO4/c1-10-16(14-6-4-5-7-15(14)19-10)17(20)12(3)23-18(21)13-8-9-22-11(13)2/h4-9,12,19H,1-3H3/t12-/m1/s1. The van der Waals surface area contributed by atoms with Crippen molar-refractivity contribution in [1.29, 1.82) is 0 Å². The Kier molecular flexibility index (Phi) is 3.78. The summed E-state index contributed by atoms with van der Waals surface area (Å²) in [6.07, 6.45) is 0.539. The molecular formula is C18H17NO4. The van der Waals surface area contributed by atoms with Crippen molar-refractivity contribution in [3.8, 4) is 0 Å². The molecule has 2 aromatic heterocycles. The molecule has 1 N–H and O–H groups in total. The van der Waals surface area contributed by atoms with Crippen molar-refractivity contribution < 1.29 is 18.7 Å². The Morgan fingerprint density at radius 3 is 2.61 bits per heavy atom. The predicted molar refractivity (Wildman–Crippen MR) is 85.7 cm³/mol. The molecule has 0 saturated heterocycles. The zero-order valence-electron chi connectivity index (χ0n) is 13.2. The van der Waals surface area contributed by atoms with E-state index in [2.05, 4.69) is 4.98 Å². The number of hydrogen-bond donors (Lipinski definition) is 1. The van der Waals surface area contributed by atoms with Crippen LogP contribution in [0.5, 0.6) is 0 Å². The third-order valence-corrected chi connectivity index (χ3v) is 3.87. The predicted octanol–water partition coefficient (Wildman–Crippen LogP) is 3.81. The van der Waals surface area contributed by atoms with Crippen molar-refractivity contribution in [3.63, 3.8) is 0 Å². The van der Waals surface area contributed by atoms with Crippen LogP contribution in [0.15, 0.2) is 41.0 Å². The fraction of sp³-hybridized carbons (Fsp3) is 0.222. The Bertz CT molecular complexity index is 887. The molecule has 0 aliphatic heterocycles. The molecule has 0 radical (unpaired) electrons. The van der Waals surface area contributed by atoms with E-state index in [4.69, 9.17) is 9.15 Å². The molecule has 0 amide bonds. The summed E-state index contributed by atoms with van der Waals surface area (Å²) in [5.74, 6) is -0.318. The first-order chi connectivity index (χ1) is 11.0. The quantitative estimate of drug-likeness (QED) is 0.587. The fourth-order valence-corrected chi connectivity index (χ4v) is 2.67. The van der Waals surface area contributed by atoms with Crippen LogP contribution >= 0.6 is 0 Å². The normalized spacial score (nSPS) is 12.3. The Hall–Kier alpha value is -2.82. The van der Waals surface area contributed by atoms with E-state index in [0.29, 0.717) is 16.9 Å². The van der Waals surface area contributed by atoms with E-state index in [1.165, 1.54) is 12.3 Å². The van der Waals surface area contributed by atoms with Crippen LogP contribution < -0.4 is 0 Å². The van der Waals surface area contributed by atoms with Crippen LogP contribution in [0.25, 0.3) is 10.9 Å². The zero-order valence-corrected chi connectivity index (χ0v) is 13.2. The first-order valence-corrected chi connectivity index (χ1v) is 7.35. The minimum Gasteiger partial charge on any atom is -0.469 e. The number of esters is 1. The highest BCUT2D eigenvalue weighted by Crippen LogP contribution is 2.24. The maximum absolute atomic E-state index is 12.7. The second-order valence-corrected chi connectivity index (χ2v) is 5.47. The van der Waals surface area contributed by atoms with Gasteiger partial charge in [-0.25, -0.2) is 4.79 Å². The number of carbonyl (C=O) groups excluding carboxylic acids is 2. The number of ketones is 1. The van der Waals surface area contributed by atoms with Crippen molar-refractivity contribution >= 4 is 22.7 Å². The first kappa shape index (κ1) is 15.1. The number of benzene rings is 1. The Morgan fingerprint density at radius 2 is 1.91 bits per heavy atom. The molecule has 3 aromatic rings. The number of carbonyl (C=O) groups is 2. The summed E-state index contributed by atoms with van der Waals surface area (Å²) in [7, 11) is 0. The summed E-state index contributed by atoms with van der Waals surface area (Å²) < 4.78 is 10.4. The summed E-state index contributed by atoms with van der Waals surface area (Å²) in [5, 5.41) is 0.831. The molecule has 3 rings (SSSR count). The summed E-state index contributed by atoms with van der Waals surface area (Å²) in [6.45, 7) is 5.09. The van der Waals surface area contributed by atoms with Crippen LogP contribution in [-0.4, -0.2) is 22.8 Å². The molecule has 0 aliphatic carbocycles. The van der Waals surface area contributed by atoms with Gasteiger partial charge in [0, 0.05) is 22.2 Å². The average Bonchev–Trinajstić information content (AvgIpc) is 3.08. The maximum Gasteiger partial charge on any atom is 0.342 e. The molecule has 1 atom stereocenters. The molecule has 5 nitrogen and oxygen atoms in total. The number of hydrogen-bond acceptors (Lipinski definition) is 4. The second kappa shape index (κ2) is 5.76. The molecule has 5 heteroatoms. The van der Waals surface area contributed by atoms with Crippen LogP contribution in [0.4, 0.5) is 0 Å². The number of aryl methyl sites for hydroxylation is 2. The number of aromatic nitrogens is 1. The van der Waals surface area contributed by atoms with Gasteiger partial charge in [-0.1, -0.05) is 18.2 Å². The number of Topliss-reactive ketones (excluding diaryl/α,β-unsaturated/α-hetero) is 1.